The Morgan fingerprint density at radius 1 is 0.885 bits per heavy atom. The zero-order valence-corrected chi connectivity index (χ0v) is 15.9. The van der Waals surface area contributed by atoms with E-state index in [1.54, 1.807) is 0 Å². The van der Waals surface area contributed by atoms with Crippen LogP contribution < -0.4 is 9.80 Å². The van der Waals surface area contributed by atoms with E-state index in [1.807, 2.05) is 34.8 Å². The number of nitrogens with zero attached hydrogens (tertiary/aromatic N) is 4. The maximum atomic E-state index is 9.58. The van der Waals surface area contributed by atoms with Gasteiger partial charge in [-0.3, -0.25) is 0 Å². The topological polar surface area (TPSA) is 43.2 Å². The summed E-state index contributed by atoms with van der Waals surface area (Å²) in [5.74, 6) is 1.81. The average molecular weight is 379 g/mol. The molecule has 0 atom stereocenters. The third-order valence-electron chi connectivity index (χ3n) is 5.22. The van der Waals surface area contributed by atoms with Crippen LogP contribution in [0.2, 0.25) is 0 Å². The zero-order valence-electron chi connectivity index (χ0n) is 14.3. The van der Waals surface area contributed by atoms with Gasteiger partial charge in [-0.2, -0.15) is 5.26 Å². The molecule has 3 aromatic heterocycles. The van der Waals surface area contributed by atoms with Gasteiger partial charge in [0.25, 0.3) is 0 Å². The van der Waals surface area contributed by atoms with Crippen LogP contribution in [-0.4, -0.2) is 18.1 Å². The summed E-state index contributed by atoms with van der Waals surface area (Å²) in [4.78, 5) is 12.5. The minimum Gasteiger partial charge on any atom is -0.352 e. The molecule has 0 N–H and O–H groups in total. The van der Waals surface area contributed by atoms with Gasteiger partial charge in [0, 0.05) is 35.9 Å². The van der Waals surface area contributed by atoms with Crippen molar-refractivity contribution in [3.05, 3.63) is 61.5 Å². The van der Waals surface area contributed by atoms with Crippen LogP contribution in [0.5, 0.6) is 0 Å². The van der Waals surface area contributed by atoms with Gasteiger partial charge in [0.05, 0.1) is 5.56 Å². The molecule has 0 bridgehead atoms. The van der Waals surface area contributed by atoms with Crippen molar-refractivity contribution in [1.82, 2.24) is 4.98 Å². The maximum absolute atomic E-state index is 9.58. The highest BCUT2D eigenvalue weighted by molar-refractivity contribution is 7.10. The highest BCUT2D eigenvalue weighted by Crippen LogP contribution is 2.32. The summed E-state index contributed by atoms with van der Waals surface area (Å²) in [6.07, 6.45) is 2.11. The first-order valence-corrected chi connectivity index (χ1v) is 10.6. The summed E-state index contributed by atoms with van der Waals surface area (Å²) in [5.41, 5.74) is 3.45. The molecule has 130 valence electrons. The van der Waals surface area contributed by atoms with E-state index in [0.717, 1.165) is 50.7 Å². The number of aromatic nitrogens is 1. The standard InChI is InChI=1S/C20H18N4S2/c21-11-14-1-2-19(23-7-3-17-15(12-23)5-9-25-17)22-20(14)24-8-4-18-16(13-24)6-10-26-18/h1-2,5-6,9-10H,3-4,7-8,12-13H2. The highest BCUT2D eigenvalue weighted by atomic mass is 32.1. The molecule has 0 aromatic carbocycles. The summed E-state index contributed by atoms with van der Waals surface area (Å²) < 4.78 is 0. The van der Waals surface area contributed by atoms with Crippen molar-refractivity contribution in [2.45, 2.75) is 25.9 Å². The molecule has 0 amide bonds. The molecule has 3 aromatic rings. The van der Waals surface area contributed by atoms with E-state index in [9.17, 15) is 5.26 Å². The first-order chi connectivity index (χ1) is 12.8. The van der Waals surface area contributed by atoms with Crippen LogP contribution in [0.15, 0.2) is 35.0 Å². The second kappa shape index (κ2) is 6.42. The van der Waals surface area contributed by atoms with Crippen molar-refractivity contribution >= 4 is 34.3 Å². The van der Waals surface area contributed by atoms with Gasteiger partial charge in [-0.05, 0) is 59.0 Å². The number of thiophene rings is 2. The molecule has 0 saturated heterocycles. The van der Waals surface area contributed by atoms with E-state index < -0.39 is 0 Å². The summed E-state index contributed by atoms with van der Waals surface area (Å²) in [6.45, 7) is 3.67. The molecule has 0 radical (unpaired) electrons. The molecule has 0 spiro atoms. The molecule has 0 aliphatic carbocycles. The number of anilines is 2. The Bertz CT molecular complexity index is 997. The first-order valence-electron chi connectivity index (χ1n) is 8.83. The Labute approximate surface area is 161 Å². The summed E-state index contributed by atoms with van der Waals surface area (Å²) >= 11 is 3.68. The van der Waals surface area contributed by atoms with E-state index in [2.05, 4.69) is 38.8 Å². The lowest BCUT2D eigenvalue weighted by atomic mass is 10.1. The molecule has 5 heterocycles. The molecule has 4 nitrogen and oxygen atoms in total. The smallest absolute Gasteiger partial charge is 0.149 e. The van der Waals surface area contributed by atoms with Gasteiger partial charge in [0.1, 0.15) is 17.7 Å². The van der Waals surface area contributed by atoms with Crippen molar-refractivity contribution in [3.8, 4) is 6.07 Å². The normalized spacial score (nSPS) is 16.1. The fourth-order valence-corrected chi connectivity index (χ4v) is 5.60. The molecule has 2 aliphatic heterocycles. The molecule has 0 unspecified atom stereocenters. The van der Waals surface area contributed by atoms with E-state index in [4.69, 9.17) is 4.98 Å². The monoisotopic (exact) mass is 378 g/mol. The number of hydrogen-bond donors (Lipinski definition) is 0. The van der Waals surface area contributed by atoms with Gasteiger partial charge in [-0.15, -0.1) is 22.7 Å². The second-order valence-electron chi connectivity index (χ2n) is 6.73. The number of fused-ring (bicyclic) bond motifs is 2. The van der Waals surface area contributed by atoms with Gasteiger partial charge >= 0.3 is 0 Å². The van der Waals surface area contributed by atoms with Crippen molar-refractivity contribution < 1.29 is 0 Å². The molecular weight excluding hydrogens is 360 g/mol. The third kappa shape index (κ3) is 2.68. The summed E-state index contributed by atoms with van der Waals surface area (Å²) in [5, 5.41) is 13.9. The SMILES string of the molecule is N#Cc1ccc(N2CCc3sccc3C2)nc1N1CCc2sccc2C1. The molecular formula is C20H18N4S2. The lowest BCUT2D eigenvalue weighted by molar-refractivity contribution is 0.712. The molecule has 6 heteroatoms. The van der Waals surface area contributed by atoms with E-state index in [0.29, 0.717) is 5.56 Å². The van der Waals surface area contributed by atoms with Gasteiger partial charge in [0.15, 0.2) is 0 Å². The van der Waals surface area contributed by atoms with E-state index in [1.165, 1.54) is 20.9 Å². The first kappa shape index (κ1) is 15.9. The van der Waals surface area contributed by atoms with Crippen LogP contribution in [0.4, 0.5) is 11.6 Å². The van der Waals surface area contributed by atoms with Crippen LogP contribution >= 0.6 is 22.7 Å². The Hall–Kier alpha value is -2.36. The van der Waals surface area contributed by atoms with E-state index >= 15 is 0 Å². The highest BCUT2D eigenvalue weighted by Gasteiger charge is 2.23. The zero-order chi connectivity index (χ0) is 17.5. The largest absolute Gasteiger partial charge is 0.352 e. The van der Waals surface area contributed by atoms with Crippen LogP contribution in [-0.2, 0) is 25.9 Å². The fourth-order valence-electron chi connectivity index (χ4n) is 3.82. The second-order valence-corrected chi connectivity index (χ2v) is 8.73. The Morgan fingerprint density at radius 2 is 1.54 bits per heavy atom. The summed E-state index contributed by atoms with van der Waals surface area (Å²) in [7, 11) is 0. The van der Waals surface area contributed by atoms with Gasteiger partial charge in [0.2, 0.25) is 0 Å². The minimum absolute atomic E-state index is 0.667. The lowest BCUT2D eigenvalue weighted by Gasteiger charge is -2.32. The van der Waals surface area contributed by atoms with Gasteiger partial charge in [-0.1, -0.05) is 0 Å². The predicted molar refractivity (Wildman–Crippen MR) is 107 cm³/mol. The molecule has 0 saturated carbocycles. The average Bonchev–Trinajstić information content (AvgIpc) is 3.35. The van der Waals surface area contributed by atoms with E-state index in [-0.39, 0.29) is 0 Å². The number of pyridine rings is 1. The van der Waals surface area contributed by atoms with Crippen molar-refractivity contribution in [2.24, 2.45) is 0 Å². The Kier molecular flexibility index (Phi) is 3.92. The number of rotatable bonds is 2. The predicted octanol–water partition coefficient (Wildman–Crippen LogP) is 4.20. The Morgan fingerprint density at radius 3 is 2.23 bits per heavy atom. The quantitative estimate of drug-likeness (QED) is 0.670. The Balaban J connectivity index is 1.47. The van der Waals surface area contributed by atoms with Crippen LogP contribution in [0.25, 0.3) is 0 Å². The number of nitriles is 1. The molecule has 0 fully saturated rings. The number of hydrogen-bond acceptors (Lipinski definition) is 6. The van der Waals surface area contributed by atoms with Gasteiger partial charge < -0.3 is 9.80 Å². The maximum Gasteiger partial charge on any atom is 0.149 e. The van der Waals surface area contributed by atoms with Crippen molar-refractivity contribution in [1.29, 1.82) is 5.26 Å². The molecule has 26 heavy (non-hydrogen) atoms. The molecule has 5 rings (SSSR count). The van der Waals surface area contributed by atoms with Gasteiger partial charge in [-0.25, -0.2) is 4.98 Å². The van der Waals surface area contributed by atoms with Crippen molar-refractivity contribution in [3.63, 3.8) is 0 Å². The molecule has 2 aliphatic rings. The third-order valence-corrected chi connectivity index (χ3v) is 7.27. The minimum atomic E-state index is 0.667. The van der Waals surface area contributed by atoms with Crippen molar-refractivity contribution in [2.75, 3.05) is 22.9 Å². The van der Waals surface area contributed by atoms with Crippen LogP contribution in [0, 0.1) is 11.3 Å². The summed E-state index contributed by atoms with van der Waals surface area (Å²) in [6, 6.07) is 10.7. The van der Waals surface area contributed by atoms with Crippen LogP contribution in [0.3, 0.4) is 0 Å². The van der Waals surface area contributed by atoms with Crippen LogP contribution in [0.1, 0.15) is 26.4 Å². The lowest BCUT2D eigenvalue weighted by Crippen LogP contribution is -2.33. The fraction of sp³-hybridized carbons (Fsp3) is 0.300.